The van der Waals surface area contributed by atoms with E-state index in [1.807, 2.05) is 0 Å². The van der Waals surface area contributed by atoms with Crippen molar-refractivity contribution in [2.75, 3.05) is 24.7 Å². The fourth-order valence-corrected chi connectivity index (χ4v) is 3.52. The molecule has 0 heterocycles. The normalized spacial score (nSPS) is 14.7. The quantitative estimate of drug-likeness (QED) is 0.467. The molecule has 0 fully saturated rings. The number of carbonyl (C=O) groups excluding carboxylic acids is 3. The number of ether oxygens (including phenoxy) is 1. The van der Waals surface area contributed by atoms with Crippen LogP contribution >= 0.6 is 31.1 Å². The van der Waals surface area contributed by atoms with E-state index in [0.717, 1.165) is 23.5 Å². The number of thioether (sulfide) groups is 2. The van der Waals surface area contributed by atoms with Gasteiger partial charge in [-0.15, -0.1) is 0 Å². The Hall–Kier alpha value is -0.340. The van der Waals surface area contributed by atoms with E-state index >= 15 is 0 Å². The molecule has 0 aliphatic rings. The van der Waals surface area contributed by atoms with Gasteiger partial charge in [0.05, 0.1) is 6.61 Å². The highest BCUT2D eigenvalue weighted by molar-refractivity contribution is 8.14. The maximum Gasteiger partial charge on any atom is 0.435 e. The number of hydrogen-bond donors (Lipinski definition) is 1. The lowest BCUT2D eigenvalue weighted by Gasteiger charge is -2.16. The third-order valence-electron chi connectivity index (χ3n) is 2.58. The lowest BCUT2D eigenvalue weighted by Crippen LogP contribution is -2.18. The maximum absolute atomic E-state index is 11.7. The van der Waals surface area contributed by atoms with Crippen molar-refractivity contribution in [3.8, 4) is 0 Å². The molecule has 0 saturated carbocycles. The molecule has 0 spiro atoms. The molecule has 146 valence electrons. The van der Waals surface area contributed by atoms with Gasteiger partial charge in [-0.2, -0.15) is 0 Å². The Bertz CT molecular complexity index is 535. The minimum Gasteiger partial charge on any atom is -0.456 e. The second-order valence-electron chi connectivity index (χ2n) is 7.24. The average molecular weight is 414 g/mol. The summed E-state index contributed by atoms with van der Waals surface area (Å²) >= 11 is 1.97. The Kier molecular flexibility index (Phi) is 9.98. The zero-order valence-electron chi connectivity index (χ0n) is 15.5. The van der Waals surface area contributed by atoms with Gasteiger partial charge in [-0.25, -0.2) is 9.36 Å². The van der Waals surface area contributed by atoms with Gasteiger partial charge < -0.3 is 9.63 Å². The summed E-state index contributed by atoms with van der Waals surface area (Å²) in [6.45, 7) is 10.2. The van der Waals surface area contributed by atoms with Gasteiger partial charge in [-0.05, 0) is 0 Å². The van der Waals surface area contributed by atoms with Crippen LogP contribution in [0, 0.1) is 10.8 Å². The second-order valence-corrected chi connectivity index (χ2v) is 11.0. The predicted octanol–water partition coefficient (Wildman–Crippen LogP) is 3.94. The van der Waals surface area contributed by atoms with Crippen molar-refractivity contribution in [2.24, 2.45) is 10.8 Å². The van der Waals surface area contributed by atoms with E-state index in [9.17, 15) is 23.8 Å². The fraction of sp³-hybridized carbons (Fsp3) is 0.800. The monoisotopic (exact) mass is 414 g/mol. The van der Waals surface area contributed by atoms with E-state index in [1.165, 1.54) is 0 Å². The van der Waals surface area contributed by atoms with Gasteiger partial charge >= 0.3 is 13.3 Å². The van der Waals surface area contributed by atoms with Crippen molar-refractivity contribution in [3.63, 3.8) is 0 Å². The van der Waals surface area contributed by atoms with Gasteiger partial charge in [0.15, 0.2) is 10.2 Å². The van der Waals surface area contributed by atoms with E-state index in [1.54, 1.807) is 41.5 Å². The average Bonchev–Trinajstić information content (AvgIpc) is 2.45. The van der Waals surface area contributed by atoms with E-state index in [2.05, 4.69) is 9.26 Å². The summed E-state index contributed by atoms with van der Waals surface area (Å²) in [5, 5.41) is -0.139. The minimum absolute atomic E-state index is 0.0625. The standard InChI is InChI=1S/C15H27O7PS2/c1-14(2,3)11(16)24-9-7-21-13(18)23(19,20)22-8-10-25-12(17)15(4,5)6/h7-10H2,1-6H3,(H,19,20). The molecule has 0 aromatic rings. The van der Waals surface area contributed by atoms with Crippen LogP contribution in [0.2, 0.25) is 0 Å². The first-order chi connectivity index (χ1) is 11.2. The molecule has 7 nitrogen and oxygen atoms in total. The summed E-state index contributed by atoms with van der Waals surface area (Å²) in [4.78, 5) is 44.4. The summed E-state index contributed by atoms with van der Waals surface area (Å²) in [6, 6.07) is 0. The van der Waals surface area contributed by atoms with E-state index in [0.29, 0.717) is 0 Å². The lowest BCUT2D eigenvalue weighted by molar-refractivity contribution is -0.118. The molecule has 0 saturated heterocycles. The molecule has 1 atom stereocenters. The van der Waals surface area contributed by atoms with Crippen molar-refractivity contribution in [2.45, 2.75) is 41.5 Å². The third-order valence-corrected chi connectivity index (χ3v) is 6.19. The van der Waals surface area contributed by atoms with Gasteiger partial charge in [0.25, 0.3) is 0 Å². The van der Waals surface area contributed by atoms with E-state index in [4.69, 9.17) is 0 Å². The molecule has 0 aliphatic carbocycles. The zero-order chi connectivity index (χ0) is 19.9. The molecule has 0 aromatic heterocycles. The molecule has 10 heteroatoms. The van der Waals surface area contributed by atoms with Gasteiger partial charge in [0, 0.05) is 22.3 Å². The third kappa shape index (κ3) is 10.4. The highest BCUT2D eigenvalue weighted by Gasteiger charge is 2.33. The molecule has 0 aliphatic heterocycles. The second kappa shape index (κ2) is 10.1. The maximum atomic E-state index is 11.7. The van der Waals surface area contributed by atoms with Crippen LogP contribution in [0.25, 0.3) is 0 Å². The number of rotatable bonds is 8. The van der Waals surface area contributed by atoms with Gasteiger partial charge in [-0.1, -0.05) is 65.1 Å². The Balaban J connectivity index is 4.11. The van der Waals surface area contributed by atoms with Crippen LogP contribution in [0.5, 0.6) is 0 Å². The first-order valence-corrected chi connectivity index (χ1v) is 11.2. The summed E-state index contributed by atoms with van der Waals surface area (Å²) in [5.41, 5.74) is -2.38. The van der Waals surface area contributed by atoms with Crippen molar-refractivity contribution in [1.82, 2.24) is 0 Å². The Morgan fingerprint density at radius 3 is 1.68 bits per heavy atom. The predicted molar refractivity (Wildman–Crippen MR) is 101 cm³/mol. The van der Waals surface area contributed by atoms with Crippen molar-refractivity contribution in [3.05, 3.63) is 0 Å². The molecule has 0 aromatic carbocycles. The Morgan fingerprint density at radius 1 is 0.880 bits per heavy atom. The molecule has 0 rings (SSSR count). The van der Waals surface area contributed by atoms with Crippen molar-refractivity contribution in [1.29, 1.82) is 0 Å². The van der Waals surface area contributed by atoms with Crippen LogP contribution in [0.1, 0.15) is 41.5 Å². The minimum atomic E-state index is -4.56. The lowest BCUT2D eigenvalue weighted by atomic mass is 9.99. The van der Waals surface area contributed by atoms with Crippen molar-refractivity contribution >= 4 is 47.1 Å². The zero-order valence-corrected chi connectivity index (χ0v) is 18.0. The molecule has 0 radical (unpaired) electrons. The van der Waals surface area contributed by atoms with Crippen LogP contribution in [-0.4, -0.2) is 45.6 Å². The highest BCUT2D eigenvalue weighted by atomic mass is 32.2. The smallest absolute Gasteiger partial charge is 0.435 e. The first-order valence-electron chi connectivity index (χ1n) is 7.67. The summed E-state index contributed by atoms with van der Waals surface area (Å²) in [6.07, 6.45) is 0. The number of carbonyl (C=O) groups is 3. The van der Waals surface area contributed by atoms with Gasteiger partial charge in [0.1, 0.15) is 6.61 Å². The largest absolute Gasteiger partial charge is 0.456 e. The summed E-state index contributed by atoms with van der Waals surface area (Å²) in [5.74, 6) is 0.349. The fourth-order valence-electron chi connectivity index (χ4n) is 1.13. The summed E-state index contributed by atoms with van der Waals surface area (Å²) in [7, 11) is -4.56. The molecule has 0 amide bonds. The van der Waals surface area contributed by atoms with Crippen LogP contribution in [0.3, 0.4) is 0 Å². The van der Waals surface area contributed by atoms with Crippen LogP contribution in [0.4, 0.5) is 4.79 Å². The molecule has 0 bridgehead atoms. The van der Waals surface area contributed by atoms with Crippen LogP contribution in [-0.2, 0) is 23.4 Å². The SMILES string of the molecule is CC(C)(C)C(=O)SCCOC(=O)P(=O)(O)OCCSC(=O)C(C)(C)C. The Morgan fingerprint density at radius 2 is 1.28 bits per heavy atom. The highest BCUT2D eigenvalue weighted by Crippen LogP contribution is 2.44. The van der Waals surface area contributed by atoms with E-state index in [-0.39, 0.29) is 35.0 Å². The van der Waals surface area contributed by atoms with Crippen LogP contribution in [0.15, 0.2) is 0 Å². The summed E-state index contributed by atoms with van der Waals surface area (Å²) < 4.78 is 21.1. The molecule has 25 heavy (non-hydrogen) atoms. The number of hydrogen-bond acceptors (Lipinski definition) is 8. The van der Waals surface area contributed by atoms with Gasteiger partial charge in [-0.3, -0.25) is 14.1 Å². The van der Waals surface area contributed by atoms with Crippen molar-refractivity contribution < 1.29 is 33.1 Å². The molecular weight excluding hydrogens is 387 g/mol. The molecule has 1 unspecified atom stereocenters. The molecule has 1 N–H and O–H groups in total. The van der Waals surface area contributed by atoms with Crippen LogP contribution < -0.4 is 0 Å². The molecular formula is C15H27O7PS2. The van der Waals surface area contributed by atoms with Gasteiger partial charge in [0.2, 0.25) is 0 Å². The Labute approximate surface area is 157 Å². The first kappa shape index (κ1) is 24.7. The topological polar surface area (TPSA) is 107 Å². The van der Waals surface area contributed by atoms with E-state index < -0.39 is 24.1 Å².